The molecule has 4 aromatic carbocycles. The van der Waals surface area contributed by atoms with E-state index in [0.717, 1.165) is 68.3 Å². The van der Waals surface area contributed by atoms with Crippen LogP contribution in [0.25, 0.3) is 21.3 Å². The van der Waals surface area contributed by atoms with E-state index in [4.69, 9.17) is 81.1 Å². The number of carboxylic acid groups (broad SMARTS) is 2. The Morgan fingerprint density at radius 1 is 0.631 bits per heavy atom. The molecule has 4 aliphatic carbocycles. The number of thiazole rings is 1. The topological polar surface area (TPSA) is 525 Å². The quantitative estimate of drug-likeness (QED) is 0.0101. The number of rotatable bonds is 66. The molecule has 8 N–H and O–H groups in total. The molecule has 5 amide bonds. The normalized spacial score (nSPS) is 21.5. The van der Waals surface area contributed by atoms with Crippen LogP contribution in [0, 0.1) is 35.0 Å². The van der Waals surface area contributed by atoms with E-state index in [-0.39, 0.29) is 79.9 Å². The first-order valence-electron chi connectivity index (χ1n) is 50.7. The van der Waals surface area contributed by atoms with Gasteiger partial charge in [-0.15, -0.1) is 0 Å². The van der Waals surface area contributed by atoms with Gasteiger partial charge in [-0.3, -0.25) is 48.2 Å². The Morgan fingerprint density at radius 3 is 1.80 bits per heavy atom. The number of aliphatic hydroxyl groups excluding tert-OH is 3. The van der Waals surface area contributed by atoms with Gasteiger partial charge in [0.15, 0.2) is 28.5 Å². The van der Waals surface area contributed by atoms with Crippen molar-refractivity contribution in [1.82, 2.24) is 34.9 Å². The van der Waals surface area contributed by atoms with Crippen molar-refractivity contribution in [2.45, 2.75) is 186 Å². The summed E-state index contributed by atoms with van der Waals surface area (Å²) in [7, 11) is -3.04. The van der Waals surface area contributed by atoms with Crippen molar-refractivity contribution in [2.24, 2.45) is 28.1 Å². The summed E-state index contributed by atoms with van der Waals surface area (Å²) in [5.74, 6) is -7.83. The Labute approximate surface area is 870 Å². The average Bonchev–Trinajstić information content (AvgIpc) is 1.32. The minimum atomic E-state index is -4.66. The predicted octanol–water partition coefficient (Wildman–Crippen LogP) is 8.48. The van der Waals surface area contributed by atoms with E-state index in [1.807, 2.05) is 52.9 Å². The lowest BCUT2D eigenvalue weighted by Crippen LogP contribution is -2.64. The maximum Gasteiger partial charge on any atom is 0.410 e. The highest BCUT2D eigenvalue weighted by Gasteiger charge is 2.66. The number of carbonyl (C=O) groups excluding carboxylic acids is 7. The molecule has 814 valence electrons. The molecule has 10 atom stereocenters. The Bertz CT molecular complexity index is 5750. The number of aliphatic hydroxyl groups is 3. The average molecular weight is 2120 g/mol. The number of fused-ring (bicyclic) bond motifs is 2. The third-order valence-electron chi connectivity index (χ3n) is 27.8. The Hall–Kier alpha value is -10.6. The molecule has 0 spiro atoms. The number of nitrogens with zero attached hydrogens (tertiary/aromatic N) is 7. The molecule has 6 heterocycles. The van der Waals surface area contributed by atoms with E-state index in [9.17, 15) is 81.7 Å². The van der Waals surface area contributed by atoms with Gasteiger partial charge in [0.2, 0.25) is 5.91 Å². The Morgan fingerprint density at radius 2 is 1.22 bits per heavy atom. The van der Waals surface area contributed by atoms with Crippen LogP contribution in [-0.4, -0.2) is 354 Å². The molecule has 5 fully saturated rings. The minimum Gasteiger partial charge on any atom is -0.491 e. The number of aryl methyl sites for hydroxylation is 1. The number of hydrogen-bond donors (Lipinski definition) is 8. The van der Waals surface area contributed by atoms with Gasteiger partial charge in [0, 0.05) is 99.6 Å². The fraction of sp³-hybridized carbons (Fsp3) is 0.585. The number of carbonyl (C=O) groups is 9. The summed E-state index contributed by atoms with van der Waals surface area (Å²) >= 11 is 1.38. The van der Waals surface area contributed by atoms with E-state index < -0.39 is 143 Å². The van der Waals surface area contributed by atoms with Crippen LogP contribution in [0.2, 0.25) is 0 Å². The third kappa shape index (κ3) is 33.0. The van der Waals surface area contributed by atoms with Gasteiger partial charge < -0.3 is 112 Å². The fourth-order valence-electron chi connectivity index (χ4n) is 21.6. The largest absolute Gasteiger partial charge is 0.491 e. The highest BCUT2D eigenvalue weighted by molar-refractivity contribution is 7.85. The zero-order valence-electron chi connectivity index (χ0n) is 85.6. The predicted molar refractivity (Wildman–Crippen MR) is 543 cm³/mol. The van der Waals surface area contributed by atoms with Crippen LogP contribution in [-0.2, 0) is 151 Å². The zero-order valence-corrected chi connectivity index (χ0v) is 87.2. The number of hydrogen-bond acceptors (Lipinski definition) is 34. The number of imide groups is 1. The molecule has 43 heteroatoms. The van der Waals surface area contributed by atoms with E-state index in [2.05, 4.69) is 29.5 Å². The first kappa shape index (κ1) is 115. The summed E-state index contributed by atoms with van der Waals surface area (Å²) in [6.07, 6.45) is -2.19. The number of ketones is 2. The van der Waals surface area contributed by atoms with Gasteiger partial charge >= 0.3 is 18.0 Å². The molecule has 41 nitrogen and oxygen atoms in total. The molecule has 3 aromatic heterocycles. The molecule has 1 saturated heterocycles. The molecule has 14 rings (SSSR count). The minimum absolute atomic E-state index is 0.0850. The molecular formula is C106H141N9O32S2. The maximum atomic E-state index is 14.6. The number of ether oxygens (including phenoxy) is 15. The molecule has 7 aliphatic rings. The number of carboxylic acids is 2. The lowest BCUT2D eigenvalue weighted by atomic mass is 9.39. The lowest BCUT2D eigenvalue weighted by molar-refractivity contribution is -0.248. The highest BCUT2D eigenvalue weighted by atomic mass is 32.2. The number of methoxy groups -OCH3 is 1. The zero-order chi connectivity index (χ0) is 106. The number of amides is 5. The van der Waals surface area contributed by atoms with Gasteiger partial charge in [0.1, 0.15) is 49.1 Å². The van der Waals surface area contributed by atoms with Crippen molar-refractivity contribution >= 4 is 95.8 Å². The first-order valence-corrected chi connectivity index (χ1v) is 53.2. The van der Waals surface area contributed by atoms with E-state index in [1.54, 1.807) is 87.8 Å². The molecule has 4 bridgehead atoms. The van der Waals surface area contributed by atoms with Crippen molar-refractivity contribution < 1.29 is 153 Å². The van der Waals surface area contributed by atoms with Crippen LogP contribution in [0.5, 0.6) is 5.75 Å². The second kappa shape index (κ2) is 55.1. The summed E-state index contributed by atoms with van der Waals surface area (Å²) in [5.41, 5.74) is 4.75. The molecule has 7 aromatic rings. The summed E-state index contributed by atoms with van der Waals surface area (Å²) in [6, 6.07) is 25.8. The lowest BCUT2D eigenvalue weighted by Gasteiger charge is -2.69. The van der Waals surface area contributed by atoms with E-state index in [0.29, 0.717) is 233 Å². The van der Waals surface area contributed by atoms with Gasteiger partial charge in [-0.05, 0) is 170 Å². The number of benzene rings is 4. The third-order valence-corrected chi connectivity index (χ3v) is 29.5. The number of para-hydroxylation sites is 1. The van der Waals surface area contributed by atoms with Crippen molar-refractivity contribution in [3.8, 4) is 16.9 Å². The van der Waals surface area contributed by atoms with Crippen molar-refractivity contribution in [3.63, 3.8) is 0 Å². The summed E-state index contributed by atoms with van der Waals surface area (Å²) in [6.45, 7) is 20.5. The number of anilines is 2. The maximum absolute atomic E-state index is 14.6. The van der Waals surface area contributed by atoms with Gasteiger partial charge in [-0.25, -0.2) is 24.4 Å². The van der Waals surface area contributed by atoms with E-state index in [1.165, 1.54) is 18.3 Å². The molecule has 4 saturated carbocycles. The van der Waals surface area contributed by atoms with E-state index >= 15 is 0 Å². The number of Topliss-reactive ketones (excluding diaryl/α,β-unsaturated/α-hetero) is 2. The van der Waals surface area contributed by atoms with Gasteiger partial charge in [-0.1, -0.05) is 93.6 Å². The van der Waals surface area contributed by atoms with Gasteiger partial charge in [0.05, 0.1) is 185 Å². The second-order valence-corrected chi connectivity index (χ2v) is 42.5. The smallest absolute Gasteiger partial charge is 0.410 e. The molecular weight excluding hydrogens is 1980 g/mol. The SMILES string of the molecule is COCCOCCOCCOCCOCCOCCOCCOCCOCCOCCOCCOc1ccc(C[C@@H](C(=O)C[C@H](C(=O)N[C@@H](C)C(=O)Cc2ccc(COC(=O)N(CCOC34CC5(C)CC(C)(CC(Cn6ncc(-c7ccc(N8CCc9cccc(C(=O)Nc%10nc%11ccccc%11s%10)c9C8)nc7C(=O)O)c6C)(C5)C3)C4)CCS(=O)(=O)O)c(CC[C@@H]3O[C@H](C(=O)O)[C@@H](O)[C@H](O)[C@H]3O)c2)C(C)C)N2C(=O)C=CC2=O)cc1. The van der Waals surface area contributed by atoms with Crippen LogP contribution in [0.1, 0.15) is 146 Å². The number of aromatic carboxylic acids is 1. The fourth-order valence-corrected chi connectivity index (χ4v) is 22.9. The Balaban J connectivity index is 0.566. The second-order valence-electron chi connectivity index (χ2n) is 39.9. The van der Waals surface area contributed by atoms with Crippen LogP contribution in [0.4, 0.5) is 15.7 Å². The van der Waals surface area contributed by atoms with Gasteiger partial charge in [-0.2, -0.15) is 13.5 Å². The van der Waals surface area contributed by atoms with Crippen molar-refractivity contribution in [3.05, 3.63) is 166 Å². The number of nitrogens with one attached hydrogen (secondary N) is 2. The molecule has 0 radical (unpaired) electrons. The molecule has 2 unspecified atom stereocenters. The van der Waals surface area contributed by atoms with Crippen LogP contribution < -0.4 is 20.3 Å². The van der Waals surface area contributed by atoms with Crippen molar-refractivity contribution in [1.29, 1.82) is 0 Å². The van der Waals surface area contributed by atoms with Crippen LogP contribution in [0.15, 0.2) is 115 Å². The number of pyridine rings is 1. The molecule has 149 heavy (non-hydrogen) atoms. The monoisotopic (exact) mass is 2120 g/mol. The van der Waals surface area contributed by atoms with Crippen LogP contribution in [0.3, 0.4) is 0 Å². The summed E-state index contributed by atoms with van der Waals surface area (Å²) < 4.78 is 123. The highest BCUT2D eigenvalue weighted by Crippen LogP contribution is 2.72. The Kier molecular flexibility index (Phi) is 42.7. The summed E-state index contributed by atoms with van der Waals surface area (Å²) in [4.78, 5) is 137. The van der Waals surface area contributed by atoms with Crippen LogP contribution >= 0.6 is 11.3 Å². The number of aliphatic carboxylic acids is 1. The summed E-state index contributed by atoms with van der Waals surface area (Å²) in [5, 5.41) is 64.5. The van der Waals surface area contributed by atoms with Crippen molar-refractivity contribution in [2.75, 3.05) is 195 Å². The standard InChI is InChI=1S/C106H141N9O32S2/c1-69(2)80(58-86(117)84(115-90(118)25-26-91(115)119)56-72-16-20-77(21-17-72)144-53-52-143-51-50-142-49-48-141-47-46-140-45-44-139-43-42-138-41-40-137-39-38-136-37-36-135-35-34-134-33-32-133-7)98(124)108-70(3)85(116)57-73-15-18-76(75(55-73)19-23-87-93(120)94(121)95(122)96(147-87)100(127)128)61-145-102(129)112(30-54-149(130,131)132)29-31-146-106-65-103(5)62-104(6,66-106)64-105(63-103,67-106)68-114-71(4)81(59-107-114)78-22-24-89(110-92(78)99(125)126)113-28-27-74-11-10-12-79(82(74)60-113)97(123)111-101-109-83-13-8-9-14-88(83)148-101/h8-18,20-22,24-26,55,59,69-70,80,84,87,93-96,120-122H,19,23,27-54,56-58,60-68H2,1-7H3,(H,108,124)(H,125,126)(H,127,128)(H,109,111,123)(H,130,131,132)/t70-,80-,84-,87-,93-,94+,95-,96-,103?,104?,105?,106?/m0/s1. The van der Waals surface area contributed by atoms with Gasteiger partial charge in [0.25, 0.3) is 27.8 Å². The number of aromatic nitrogens is 4. The first-order chi connectivity index (χ1) is 71.5. The molecule has 3 aliphatic heterocycles.